The predicted molar refractivity (Wildman–Crippen MR) is 122 cm³/mol. The molecule has 1 amide bonds. The summed E-state index contributed by atoms with van der Waals surface area (Å²) < 4.78 is 5.65. The van der Waals surface area contributed by atoms with Crippen molar-refractivity contribution in [2.75, 3.05) is 45.7 Å². The van der Waals surface area contributed by atoms with E-state index in [2.05, 4.69) is 15.6 Å². The Morgan fingerprint density at radius 2 is 2.15 bits per heavy atom. The number of nitrogens with one attached hydrogen (secondary N) is 2. The van der Waals surface area contributed by atoms with Gasteiger partial charge in [0.05, 0.1) is 6.61 Å². The van der Waals surface area contributed by atoms with Gasteiger partial charge in [-0.05, 0) is 43.4 Å². The normalized spacial score (nSPS) is 13.7. The molecule has 2 rings (SSSR count). The maximum absolute atomic E-state index is 12.1. The van der Waals surface area contributed by atoms with Crippen molar-refractivity contribution in [3.8, 4) is 0 Å². The molecule has 2 N–H and O–H groups in total. The lowest BCUT2D eigenvalue weighted by Gasteiger charge is -2.22. The molecule has 0 unspecified atom stereocenters. The maximum Gasteiger partial charge on any atom is 0.226 e. The lowest BCUT2D eigenvalue weighted by Crippen LogP contribution is -2.41. The second kappa shape index (κ2) is 12.4. The minimum absolute atomic E-state index is 0. The smallest absolute Gasteiger partial charge is 0.226 e. The monoisotopic (exact) mass is 508 g/mol. The number of rotatable bonds is 9. The van der Waals surface area contributed by atoms with Crippen molar-refractivity contribution in [1.82, 2.24) is 10.2 Å². The van der Waals surface area contributed by atoms with Crippen molar-refractivity contribution in [1.29, 1.82) is 0 Å². The fourth-order valence-electron chi connectivity index (χ4n) is 2.47. The fourth-order valence-corrected chi connectivity index (χ4v) is 2.64. The van der Waals surface area contributed by atoms with E-state index >= 15 is 0 Å². The number of aliphatic imine (C=N–C) groups is 1. The van der Waals surface area contributed by atoms with E-state index in [4.69, 9.17) is 16.3 Å². The third-order valence-electron chi connectivity index (χ3n) is 4.37. The van der Waals surface area contributed by atoms with Crippen LogP contribution in [0.15, 0.2) is 23.2 Å². The van der Waals surface area contributed by atoms with Crippen LogP contribution in [0.1, 0.15) is 24.8 Å². The number of benzene rings is 1. The third kappa shape index (κ3) is 8.66. The molecule has 1 aliphatic rings. The zero-order valence-corrected chi connectivity index (χ0v) is 19.3. The molecule has 0 saturated heterocycles. The number of ether oxygens (including phenoxy) is 1. The number of hydrogen-bond acceptors (Lipinski definition) is 3. The first-order valence-corrected chi connectivity index (χ1v) is 9.43. The largest absolute Gasteiger partial charge is 0.379 e. The first kappa shape index (κ1) is 24.0. The van der Waals surface area contributed by atoms with Crippen LogP contribution >= 0.6 is 35.6 Å². The average Bonchev–Trinajstić information content (AvgIpc) is 3.44. The van der Waals surface area contributed by atoms with Gasteiger partial charge in [-0.3, -0.25) is 9.79 Å². The first-order chi connectivity index (χ1) is 12.5. The molecule has 0 heterocycles. The van der Waals surface area contributed by atoms with E-state index in [-0.39, 0.29) is 29.9 Å². The summed E-state index contributed by atoms with van der Waals surface area (Å²) in [6.07, 6.45) is 2.95. The van der Waals surface area contributed by atoms with Gasteiger partial charge in [-0.2, -0.15) is 0 Å². The highest BCUT2D eigenvalue weighted by molar-refractivity contribution is 14.0. The molecular formula is C19H30ClIN4O2. The molecule has 1 aromatic rings. The Hall–Kier alpha value is -1.06. The Bertz CT molecular complexity index is 638. The van der Waals surface area contributed by atoms with E-state index in [0.717, 1.165) is 36.3 Å². The Morgan fingerprint density at radius 1 is 1.41 bits per heavy atom. The molecule has 27 heavy (non-hydrogen) atoms. The van der Waals surface area contributed by atoms with Crippen molar-refractivity contribution in [2.45, 2.75) is 26.2 Å². The molecule has 0 radical (unpaired) electrons. The molecule has 1 aliphatic carbocycles. The van der Waals surface area contributed by atoms with Crippen LogP contribution in [-0.4, -0.2) is 57.2 Å². The summed E-state index contributed by atoms with van der Waals surface area (Å²) in [5, 5.41) is 6.75. The Kier molecular flexibility index (Phi) is 11.0. The van der Waals surface area contributed by atoms with E-state index in [9.17, 15) is 4.79 Å². The number of carbonyl (C=O) groups excluding carboxylic acids is 1. The number of hydrogen-bond donors (Lipinski definition) is 2. The predicted octanol–water partition coefficient (Wildman–Crippen LogP) is 3.53. The zero-order valence-electron chi connectivity index (χ0n) is 16.3. The molecule has 1 fully saturated rings. The van der Waals surface area contributed by atoms with Gasteiger partial charge in [0.1, 0.15) is 0 Å². The van der Waals surface area contributed by atoms with Gasteiger partial charge < -0.3 is 20.3 Å². The maximum atomic E-state index is 12.1. The van der Waals surface area contributed by atoms with E-state index < -0.39 is 0 Å². The second-order valence-electron chi connectivity index (χ2n) is 6.62. The SMILES string of the molecule is CN=C(NCCC(=O)Nc1cccc(Cl)c1C)N(C)CCOCC1CC1.I. The molecule has 1 aromatic carbocycles. The van der Waals surface area contributed by atoms with Gasteiger partial charge >= 0.3 is 0 Å². The standard InChI is InChI=1S/C19H29ClN4O2.HI/c1-14-16(20)5-4-6-17(14)23-18(25)9-10-22-19(21-2)24(3)11-12-26-13-15-7-8-15;/h4-6,15H,7-13H2,1-3H3,(H,21,22)(H,23,25);1H. The van der Waals surface area contributed by atoms with Crippen LogP contribution < -0.4 is 10.6 Å². The zero-order chi connectivity index (χ0) is 18.9. The van der Waals surface area contributed by atoms with Gasteiger partial charge in [0.15, 0.2) is 5.96 Å². The van der Waals surface area contributed by atoms with Crippen LogP contribution in [0.25, 0.3) is 0 Å². The van der Waals surface area contributed by atoms with Crippen LogP contribution in [0, 0.1) is 12.8 Å². The van der Waals surface area contributed by atoms with Crippen LogP contribution in [0.3, 0.4) is 0 Å². The topological polar surface area (TPSA) is 66.0 Å². The number of carbonyl (C=O) groups is 1. The van der Waals surface area contributed by atoms with Gasteiger partial charge in [-0.25, -0.2) is 0 Å². The minimum Gasteiger partial charge on any atom is -0.379 e. The van der Waals surface area contributed by atoms with Crippen molar-refractivity contribution >= 4 is 53.1 Å². The van der Waals surface area contributed by atoms with Gasteiger partial charge in [0.2, 0.25) is 5.91 Å². The molecule has 0 aromatic heterocycles. The molecule has 152 valence electrons. The van der Waals surface area contributed by atoms with Gasteiger partial charge in [-0.1, -0.05) is 17.7 Å². The summed E-state index contributed by atoms with van der Waals surface area (Å²) >= 11 is 6.07. The molecule has 0 bridgehead atoms. The van der Waals surface area contributed by atoms with Crippen LogP contribution in [0.2, 0.25) is 5.02 Å². The highest BCUT2D eigenvalue weighted by Gasteiger charge is 2.21. The highest BCUT2D eigenvalue weighted by atomic mass is 127. The Labute approximate surface area is 184 Å². The number of halogens is 2. The summed E-state index contributed by atoms with van der Waals surface area (Å²) in [5.41, 5.74) is 1.62. The molecule has 0 aliphatic heterocycles. The lowest BCUT2D eigenvalue weighted by molar-refractivity contribution is -0.116. The van der Waals surface area contributed by atoms with Gasteiger partial charge in [-0.15, -0.1) is 24.0 Å². The third-order valence-corrected chi connectivity index (χ3v) is 4.78. The highest BCUT2D eigenvalue weighted by Crippen LogP contribution is 2.28. The van der Waals surface area contributed by atoms with Crippen LogP contribution in [-0.2, 0) is 9.53 Å². The van der Waals surface area contributed by atoms with E-state index in [1.807, 2.05) is 37.1 Å². The Balaban J connectivity index is 0.00000364. The van der Waals surface area contributed by atoms with E-state index in [1.165, 1.54) is 12.8 Å². The quantitative estimate of drug-likeness (QED) is 0.232. The average molecular weight is 509 g/mol. The van der Waals surface area contributed by atoms with E-state index in [1.54, 1.807) is 7.05 Å². The number of likely N-dealkylation sites (N-methyl/N-ethyl adjacent to an activating group) is 1. The summed E-state index contributed by atoms with van der Waals surface area (Å²) in [6, 6.07) is 5.48. The molecule has 0 spiro atoms. The summed E-state index contributed by atoms with van der Waals surface area (Å²) in [4.78, 5) is 18.4. The molecule has 1 saturated carbocycles. The second-order valence-corrected chi connectivity index (χ2v) is 7.03. The van der Waals surface area contributed by atoms with Crippen molar-refractivity contribution in [3.63, 3.8) is 0 Å². The van der Waals surface area contributed by atoms with E-state index in [0.29, 0.717) is 24.6 Å². The van der Waals surface area contributed by atoms with Crippen LogP contribution in [0.5, 0.6) is 0 Å². The number of amides is 1. The summed E-state index contributed by atoms with van der Waals surface area (Å²) in [7, 11) is 3.70. The number of nitrogens with zero attached hydrogens (tertiary/aromatic N) is 2. The first-order valence-electron chi connectivity index (χ1n) is 9.05. The molecule has 6 nitrogen and oxygen atoms in total. The van der Waals surface area contributed by atoms with Crippen molar-refractivity contribution in [3.05, 3.63) is 28.8 Å². The minimum atomic E-state index is -0.0614. The Morgan fingerprint density at radius 3 is 2.81 bits per heavy atom. The number of anilines is 1. The summed E-state index contributed by atoms with van der Waals surface area (Å²) in [6.45, 7) is 4.70. The van der Waals surface area contributed by atoms with Crippen LogP contribution in [0.4, 0.5) is 5.69 Å². The lowest BCUT2D eigenvalue weighted by atomic mass is 10.2. The molecule has 8 heteroatoms. The van der Waals surface area contributed by atoms with Gasteiger partial charge in [0.25, 0.3) is 0 Å². The summed E-state index contributed by atoms with van der Waals surface area (Å²) in [5.74, 6) is 1.47. The van der Waals surface area contributed by atoms with Gasteiger partial charge in [0, 0.05) is 50.9 Å². The van der Waals surface area contributed by atoms with Crippen molar-refractivity contribution < 1.29 is 9.53 Å². The fraction of sp³-hybridized carbons (Fsp3) is 0.579. The molecular weight excluding hydrogens is 479 g/mol. The molecule has 0 atom stereocenters. The van der Waals surface area contributed by atoms with Crippen molar-refractivity contribution in [2.24, 2.45) is 10.9 Å². The number of guanidine groups is 1.